The summed E-state index contributed by atoms with van der Waals surface area (Å²) in [5.74, 6) is 1.67. The van der Waals surface area contributed by atoms with Gasteiger partial charge in [-0.3, -0.25) is 14.7 Å². The molecule has 2 aromatic heterocycles. The van der Waals surface area contributed by atoms with Gasteiger partial charge >= 0.3 is 5.97 Å². The third-order valence-corrected chi connectivity index (χ3v) is 6.35. The van der Waals surface area contributed by atoms with E-state index in [2.05, 4.69) is 15.2 Å². The molecule has 0 spiro atoms. The molecule has 2 aromatic rings. The number of carbonyl (C=O) groups is 1. The van der Waals surface area contributed by atoms with Crippen molar-refractivity contribution < 1.29 is 9.90 Å². The first-order valence-electron chi connectivity index (χ1n) is 10.7. The second kappa shape index (κ2) is 7.71. The Hall–Kier alpha value is -2.54. The highest BCUT2D eigenvalue weighted by molar-refractivity contribution is 5.69. The summed E-state index contributed by atoms with van der Waals surface area (Å²) in [4.78, 5) is 27.2. The molecule has 0 aliphatic heterocycles. The van der Waals surface area contributed by atoms with E-state index < -0.39 is 5.97 Å². The Morgan fingerprint density at radius 2 is 2.10 bits per heavy atom. The fraction of sp³-hybridized carbons (Fsp3) is 0.545. The predicted molar refractivity (Wildman–Crippen MR) is 110 cm³/mol. The molecule has 7 heteroatoms. The van der Waals surface area contributed by atoms with Gasteiger partial charge in [-0.15, -0.1) is 0 Å². The summed E-state index contributed by atoms with van der Waals surface area (Å²) in [7, 11) is 0. The molecule has 2 fully saturated rings. The lowest BCUT2D eigenvalue weighted by atomic mass is 9.85. The number of aliphatic carboxylic acids is 1. The zero-order valence-corrected chi connectivity index (χ0v) is 16.5. The van der Waals surface area contributed by atoms with Crippen LogP contribution < -0.4 is 5.32 Å². The molecule has 2 saturated carbocycles. The quantitative estimate of drug-likeness (QED) is 0.712. The number of fused-ring (bicyclic) bond motifs is 1. The van der Waals surface area contributed by atoms with Gasteiger partial charge in [0.1, 0.15) is 5.82 Å². The normalized spacial score (nSPS) is 22.9. The number of rotatable bonds is 8. The number of carboxylic acids is 1. The molecule has 0 radical (unpaired) electrons. The summed E-state index contributed by atoms with van der Waals surface area (Å²) in [5, 5.41) is 12.9. The van der Waals surface area contributed by atoms with Crippen molar-refractivity contribution in [3.8, 4) is 11.4 Å². The Balaban J connectivity index is 1.29. The molecule has 0 bridgehead atoms. The van der Waals surface area contributed by atoms with E-state index in [9.17, 15) is 9.90 Å². The van der Waals surface area contributed by atoms with Crippen LogP contribution in [0.3, 0.4) is 0 Å². The van der Waals surface area contributed by atoms with Crippen LogP contribution in [0.15, 0.2) is 24.5 Å². The third kappa shape index (κ3) is 4.10. The van der Waals surface area contributed by atoms with Gasteiger partial charge in [0, 0.05) is 47.8 Å². The standard InChI is InChI=1S/C22H27N5O2/c28-20(29)13-27(12-14-6-7-14)17-9-16(10-17)24-22-18-4-1-5-19(18)25-21(26-22)15-3-2-8-23-11-15/h2-3,8,11,14,16-17H,1,4-7,9-10,12-13H2,(H,28,29)(H,24,25,26). The lowest BCUT2D eigenvalue weighted by molar-refractivity contribution is -0.139. The molecule has 5 rings (SSSR count). The van der Waals surface area contributed by atoms with E-state index in [1.165, 1.54) is 18.4 Å². The molecular formula is C22H27N5O2. The van der Waals surface area contributed by atoms with Crippen molar-refractivity contribution in [2.24, 2.45) is 5.92 Å². The first-order chi connectivity index (χ1) is 14.2. The van der Waals surface area contributed by atoms with E-state index in [1.54, 1.807) is 6.20 Å². The van der Waals surface area contributed by atoms with Crippen LogP contribution in [0.1, 0.15) is 43.4 Å². The van der Waals surface area contributed by atoms with Crippen molar-refractivity contribution in [3.63, 3.8) is 0 Å². The van der Waals surface area contributed by atoms with Crippen LogP contribution in [0.5, 0.6) is 0 Å². The number of anilines is 1. The minimum atomic E-state index is -0.725. The molecule has 152 valence electrons. The SMILES string of the molecule is O=C(O)CN(CC1CC1)C1CC(Nc2nc(-c3cccnc3)nc3c2CCC3)C1. The van der Waals surface area contributed by atoms with Gasteiger partial charge < -0.3 is 10.4 Å². The largest absolute Gasteiger partial charge is 0.480 e. The van der Waals surface area contributed by atoms with Crippen molar-refractivity contribution >= 4 is 11.8 Å². The van der Waals surface area contributed by atoms with E-state index in [0.717, 1.165) is 61.5 Å². The fourth-order valence-electron chi connectivity index (χ4n) is 4.52. The molecule has 29 heavy (non-hydrogen) atoms. The summed E-state index contributed by atoms with van der Waals surface area (Å²) < 4.78 is 0. The number of hydrogen-bond donors (Lipinski definition) is 2. The highest BCUT2D eigenvalue weighted by Crippen LogP contribution is 2.36. The summed E-state index contributed by atoms with van der Waals surface area (Å²) in [6.07, 6.45) is 11.1. The first-order valence-corrected chi connectivity index (χ1v) is 10.7. The average Bonchev–Trinajstić information content (AvgIpc) is 3.36. The van der Waals surface area contributed by atoms with Gasteiger partial charge in [-0.2, -0.15) is 0 Å². The van der Waals surface area contributed by atoms with E-state index in [-0.39, 0.29) is 6.54 Å². The van der Waals surface area contributed by atoms with E-state index in [4.69, 9.17) is 9.97 Å². The summed E-state index contributed by atoms with van der Waals surface area (Å²) in [5.41, 5.74) is 3.34. The molecule has 2 heterocycles. The molecule has 2 N–H and O–H groups in total. The molecule has 0 saturated heterocycles. The monoisotopic (exact) mass is 393 g/mol. The van der Waals surface area contributed by atoms with Crippen LogP contribution in [0.4, 0.5) is 5.82 Å². The summed E-state index contributed by atoms with van der Waals surface area (Å²) >= 11 is 0. The molecule has 0 amide bonds. The van der Waals surface area contributed by atoms with Crippen LogP contribution >= 0.6 is 0 Å². The average molecular weight is 393 g/mol. The van der Waals surface area contributed by atoms with Crippen molar-refractivity contribution in [3.05, 3.63) is 35.8 Å². The Labute approximate surface area is 170 Å². The number of nitrogens with zero attached hydrogens (tertiary/aromatic N) is 4. The maximum Gasteiger partial charge on any atom is 0.317 e. The molecule has 3 aliphatic rings. The zero-order chi connectivity index (χ0) is 19.8. The van der Waals surface area contributed by atoms with Crippen LogP contribution in [-0.2, 0) is 17.6 Å². The predicted octanol–water partition coefficient (Wildman–Crippen LogP) is 2.77. The van der Waals surface area contributed by atoms with Crippen molar-refractivity contribution in [2.75, 3.05) is 18.4 Å². The lowest BCUT2D eigenvalue weighted by Crippen LogP contribution is -2.52. The fourth-order valence-corrected chi connectivity index (χ4v) is 4.52. The van der Waals surface area contributed by atoms with Gasteiger partial charge in [0.15, 0.2) is 5.82 Å². The molecule has 0 unspecified atom stereocenters. The number of nitrogens with one attached hydrogen (secondary N) is 1. The van der Waals surface area contributed by atoms with Gasteiger partial charge in [-0.1, -0.05) is 0 Å². The van der Waals surface area contributed by atoms with Gasteiger partial charge in [0.25, 0.3) is 0 Å². The smallest absolute Gasteiger partial charge is 0.317 e. The van der Waals surface area contributed by atoms with Crippen molar-refractivity contribution in [1.29, 1.82) is 0 Å². The van der Waals surface area contributed by atoms with E-state index >= 15 is 0 Å². The highest BCUT2D eigenvalue weighted by Gasteiger charge is 2.37. The van der Waals surface area contributed by atoms with Crippen molar-refractivity contribution in [1.82, 2.24) is 19.9 Å². The maximum absolute atomic E-state index is 11.2. The van der Waals surface area contributed by atoms with E-state index in [0.29, 0.717) is 18.0 Å². The second-order valence-corrected chi connectivity index (χ2v) is 8.65. The van der Waals surface area contributed by atoms with Crippen molar-refractivity contribution in [2.45, 2.75) is 57.0 Å². The number of aryl methyl sites for hydroxylation is 1. The Morgan fingerprint density at radius 3 is 2.83 bits per heavy atom. The minimum absolute atomic E-state index is 0.155. The van der Waals surface area contributed by atoms with Gasteiger partial charge in [-0.05, 0) is 63.0 Å². The third-order valence-electron chi connectivity index (χ3n) is 6.35. The van der Waals surface area contributed by atoms with Crippen LogP contribution in [-0.4, -0.2) is 56.1 Å². The molecular weight excluding hydrogens is 366 g/mol. The molecule has 3 aliphatic carbocycles. The Kier molecular flexibility index (Phi) is 4.91. The van der Waals surface area contributed by atoms with Crippen LogP contribution in [0.25, 0.3) is 11.4 Å². The van der Waals surface area contributed by atoms with Gasteiger partial charge in [0.2, 0.25) is 0 Å². The first kappa shape index (κ1) is 18.5. The summed E-state index contributed by atoms with van der Waals surface area (Å²) in [6.45, 7) is 1.08. The maximum atomic E-state index is 11.2. The highest BCUT2D eigenvalue weighted by atomic mass is 16.4. The zero-order valence-electron chi connectivity index (χ0n) is 16.5. The second-order valence-electron chi connectivity index (χ2n) is 8.65. The minimum Gasteiger partial charge on any atom is -0.480 e. The van der Waals surface area contributed by atoms with Crippen LogP contribution in [0.2, 0.25) is 0 Å². The summed E-state index contributed by atoms with van der Waals surface area (Å²) in [6, 6.07) is 4.61. The van der Waals surface area contributed by atoms with Gasteiger partial charge in [-0.25, -0.2) is 9.97 Å². The lowest BCUT2D eigenvalue weighted by Gasteiger charge is -2.43. The topological polar surface area (TPSA) is 91.2 Å². The molecule has 7 nitrogen and oxygen atoms in total. The number of hydrogen-bond acceptors (Lipinski definition) is 6. The Morgan fingerprint density at radius 1 is 1.24 bits per heavy atom. The number of carboxylic acid groups (broad SMARTS) is 1. The van der Waals surface area contributed by atoms with Crippen LogP contribution in [0, 0.1) is 5.92 Å². The molecule has 0 aromatic carbocycles. The Bertz CT molecular complexity index is 894. The van der Waals surface area contributed by atoms with E-state index in [1.807, 2.05) is 18.3 Å². The van der Waals surface area contributed by atoms with Gasteiger partial charge in [0.05, 0.1) is 6.54 Å². The molecule has 0 atom stereocenters. The number of aromatic nitrogens is 3. The number of pyridine rings is 1.